The zero-order chi connectivity index (χ0) is 19.8. The highest BCUT2D eigenvalue weighted by Crippen LogP contribution is 2.31. The first-order valence-corrected chi connectivity index (χ1v) is 10.0. The fourth-order valence-electron chi connectivity index (χ4n) is 2.91. The number of rotatable bonds is 5. The quantitative estimate of drug-likeness (QED) is 0.724. The van der Waals surface area contributed by atoms with Crippen molar-refractivity contribution in [1.29, 1.82) is 0 Å². The number of sulfone groups is 1. The third-order valence-electron chi connectivity index (χ3n) is 4.18. The van der Waals surface area contributed by atoms with Gasteiger partial charge in [0.15, 0.2) is 15.5 Å². The zero-order valence-electron chi connectivity index (χ0n) is 14.7. The number of carbonyl (C=O) groups is 1. The molecule has 2 aromatic carbocycles. The number of halogens is 1. The minimum atomic E-state index is -3.37. The zero-order valence-corrected chi connectivity index (χ0v) is 15.5. The van der Waals surface area contributed by atoms with Crippen molar-refractivity contribution in [2.24, 2.45) is 0 Å². The van der Waals surface area contributed by atoms with E-state index in [2.05, 4.69) is 5.10 Å². The molecule has 1 N–H and O–H groups in total. The normalized spacial score (nSPS) is 11.5. The van der Waals surface area contributed by atoms with E-state index >= 15 is 0 Å². The summed E-state index contributed by atoms with van der Waals surface area (Å²) in [5, 5.41) is 13.6. The molecule has 0 aliphatic rings. The Morgan fingerprint density at radius 2 is 1.78 bits per heavy atom. The Morgan fingerprint density at radius 3 is 2.30 bits per heavy atom. The van der Waals surface area contributed by atoms with Crippen LogP contribution in [-0.4, -0.2) is 35.5 Å². The maximum atomic E-state index is 14.3. The van der Waals surface area contributed by atoms with Crippen molar-refractivity contribution in [3.05, 3.63) is 65.6 Å². The molecule has 0 aliphatic heterocycles. The van der Waals surface area contributed by atoms with Crippen LogP contribution in [0.25, 0.3) is 16.9 Å². The average Bonchev–Trinajstić information content (AvgIpc) is 3.01. The van der Waals surface area contributed by atoms with Gasteiger partial charge in [-0.05, 0) is 30.7 Å². The lowest BCUT2D eigenvalue weighted by Crippen LogP contribution is -2.04. The van der Waals surface area contributed by atoms with E-state index in [4.69, 9.17) is 0 Å². The number of hydrogen-bond donors (Lipinski definition) is 1. The van der Waals surface area contributed by atoms with E-state index < -0.39 is 21.6 Å². The van der Waals surface area contributed by atoms with Gasteiger partial charge in [0.2, 0.25) is 0 Å². The lowest BCUT2D eigenvalue weighted by molar-refractivity contribution is 0.0688. The second-order valence-corrected chi connectivity index (χ2v) is 8.01. The standard InChI is InChI=1S/C19H17FN2O4S/c1-3-14-17(19(23)24)21-22(16-7-5-4-6-15(16)20)18(14)12-8-10-13(11-9-12)27(2,25)26/h4-11H,3H2,1-2H3,(H,23,24). The Labute approximate surface area is 155 Å². The van der Waals surface area contributed by atoms with E-state index in [0.717, 1.165) is 6.26 Å². The van der Waals surface area contributed by atoms with E-state index in [-0.39, 0.29) is 16.3 Å². The molecule has 8 heteroatoms. The van der Waals surface area contributed by atoms with Crippen LogP contribution in [-0.2, 0) is 16.3 Å². The van der Waals surface area contributed by atoms with Gasteiger partial charge in [0.05, 0.1) is 10.6 Å². The molecular weight excluding hydrogens is 371 g/mol. The summed E-state index contributed by atoms with van der Waals surface area (Å²) in [7, 11) is -3.37. The number of carboxylic acids is 1. The maximum Gasteiger partial charge on any atom is 0.356 e. The SMILES string of the molecule is CCc1c(C(=O)O)nn(-c2ccccc2F)c1-c1ccc(S(C)(=O)=O)cc1. The number of carboxylic acid groups (broad SMARTS) is 1. The van der Waals surface area contributed by atoms with Gasteiger partial charge in [-0.1, -0.05) is 31.2 Å². The molecule has 140 valence electrons. The minimum Gasteiger partial charge on any atom is -0.476 e. The molecule has 0 atom stereocenters. The molecule has 0 radical (unpaired) electrons. The molecule has 0 aliphatic carbocycles. The summed E-state index contributed by atoms with van der Waals surface area (Å²) in [5.74, 6) is -1.76. The third-order valence-corrected chi connectivity index (χ3v) is 5.30. The van der Waals surface area contributed by atoms with Crippen molar-refractivity contribution in [3.63, 3.8) is 0 Å². The molecule has 3 aromatic rings. The lowest BCUT2D eigenvalue weighted by Gasteiger charge is -2.11. The first kappa shape index (κ1) is 18.8. The van der Waals surface area contributed by atoms with Crippen molar-refractivity contribution in [3.8, 4) is 16.9 Å². The Kier molecular flexibility index (Phi) is 4.84. The van der Waals surface area contributed by atoms with Gasteiger partial charge in [-0.2, -0.15) is 5.10 Å². The maximum absolute atomic E-state index is 14.3. The fraction of sp³-hybridized carbons (Fsp3) is 0.158. The molecule has 3 rings (SSSR count). The predicted molar refractivity (Wildman–Crippen MR) is 98.4 cm³/mol. The average molecular weight is 388 g/mol. The van der Waals surface area contributed by atoms with Gasteiger partial charge in [-0.25, -0.2) is 22.3 Å². The first-order chi connectivity index (χ1) is 12.7. The molecule has 0 saturated carbocycles. The first-order valence-electron chi connectivity index (χ1n) is 8.14. The largest absolute Gasteiger partial charge is 0.476 e. The minimum absolute atomic E-state index is 0.113. The summed E-state index contributed by atoms with van der Waals surface area (Å²) >= 11 is 0. The smallest absolute Gasteiger partial charge is 0.356 e. The summed E-state index contributed by atoms with van der Waals surface area (Å²) in [5.41, 5.74) is 1.35. The number of hydrogen-bond acceptors (Lipinski definition) is 4. The number of para-hydroxylation sites is 1. The van der Waals surface area contributed by atoms with E-state index in [1.54, 1.807) is 25.1 Å². The van der Waals surface area contributed by atoms with Crippen LogP contribution in [0.15, 0.2) is 53.4 Å². The van der Waals surface area contributed by atoms with E-state index in [1.807, 2.05) is 0 Å². The number of aromatic nitrogens is 2. The van der Waals surface area contributed by atoms with Crippen LogP contribution < -0.4 is 0 Å². The lowest BCUT2D eigenvalue weighted by atomic mass is 10.0. The van der Waals surface area contributed by atoms with Crippen LogP contribution in [0.1, 0.15) is 23.0 Å². The molecule has 0 bridgehead atoms. The Hall–Kier alpha value is -3.00. The highest BCUT2D eigenvalue weighted by atomic mass is 32.2. The van der Waals surface area contributed by atoms with Gasteiger partial charge in [0, 0.05) is 17.4 Å². The van der Waals surface area contributed by atoms with E-state index in [9.17, 15) is 22.7 Å². The summed E-state index contributed by atoms with van der Waals surface area (Å²) in [6.07, 6.45) is 1.46. The Bertz CT molecular complexity index is 1120. The molecule has 27 heavy (non-hydrogen) atoms. The van der Waals surface area contributed by atoms with Gasteiger partial charge < -0.3 is 5.11 Å². The van der Waals surface area contributed by atoms with Crippen LogP contribution in [0.2, 0.25) is 0 Å². The second kappa shape index (κ2) is 6.96. The van der Waals surface area contributed by atoms with Crippen molar-refractivity contribution >= 4 is 15.8 Å². The Balaban J connectivity index is 2.30. The van der Waals surface area contributed by atoms with Gasteiger partial charge >= 0.3 is 5.97 Å². The summed E-state index contributed by atoms with van der Waals surface area (Å²) in [6.45, 7) is 1.78. The number of aromatic carboxylic acids is 1. The molecule has 0 spiro atoms. The van der Waals surface area contributed by atoms with Crippen molar-refractivity contribution in [1.82, 2.24) is 9.78 Å². The highest BCUT2D eigenvalue weighted by molar-refractivity contribution is 7.90. The topological polar surface area (TPSA) is 89.3 Å². The monoisotopic (exact) mass is 388 g/mol. The summed E-state index contributed by atoms with van der Waals surface area (Å²) in [4.78, 5) is 11.8. The molecule has 1 heterocycles. The molecule has 0 fully saturated rings. The Morgan fingerprint density at radius 1 is 1.15 bits per heavy atom. The predicted octanol–water partition coefficient (Wildman–Crippen LogP) is 3.34. The number of nitrogens with zero attached hydrogens (tertiary/aromatic N) is 2. The number of benzene rings is 2. The van der Waals surface area contributed by atoms with Crippen LogP contribution in [0.3, 0.4) is 0 Å². The molecule has 0 unspecified atom stereocenters. The van der Waals surface area contributed by atoms with Crippen molar-refractivity contribution in [2.45, 2.75) is 18.2 Å². The fourth-order valence-corrected chi connectivity index (χ4v) is 3.54. The van der Waals surface area contributed by atoms with Crippen LogP contribution in [0.5, 0.6) is 0 Å². The summed E-state index contributed by atoms with van der Waals surface area (Å²) in [6, 6.07) is 11.9. The van der Waals surface area contributed by atoms with Crippen LogP contribution >= 0.6 is 0 Å². The molecule has 1 aromatic heterocycles. The summed E-state index contributed by atoms with van der Waals surface area (Å²) < 4.78 is 39.0. The second-order valence-electron chi connectivity index (χ2n) is 5.99. The van der Waals surface area contributed by atoms with Crippen molar-refractivity contribution < 1.29 is 22.7 Å². The van der Waals surface area contributed by atoms with E-state index in [0.29, 0.717) is 23.2 Å². The van der Waals surface area contributed by atoms with Crippen LogP contribution in [0, 0.1) is 5.82 Å². The van der Waals surface area contributed by atoms with Gasteiger partial charge in [0.25, 0.3) is 0 Å². The van der Waals surface area contributed by atoms with Crippen LogP contribution in [0.4, 0.5) is 4.39 Å². The molecular formula is C19H17FN2O4S. The van der Waals surface area contributed by atoms with Crippen molar-refractivity contribution in [2.75, 3.05) is 6.26 Å². The third kappa shape index (κ3) is 3.48. The van der Waals surface area contributed by atoms with Gasteiger partial charge in [-0.3, -0.25) is 0 Å². The highest BCUT2D eigenvalue weighted by Gasteiger charge is 2.24. The van der Waals surface area contributed by atoms with Gasteiger partial charge in [-0.15, -0.1) is 0 Å². The molecule has 0 amide bonds. The molecule has 0 saturated heterocycles. The van der Waals surface area contributed by atoms with E-state index in [1.165, 1.54) is 35.0 Å². The molecule has 6 nitrogen and oxygen atoms in total. The van der Waals surface area contributed by atoms with Gasteiger partial charge in [0.1, 0.15) is 11.5 Å².